The molecule has 0 amide bonds. The van der Waals surface area contributed by atoms with E-state index >= 15 is 0 Å². The second-order valence-corrected chi connectivity index (χ2v) is 12.7. The summed E-state index contributed by atoms with van der Waals surface area (Å²) >= 11 is 0. The first-order valence-electron chi connectivity index (χ1n) is 13.4. The lowest BCUT2D eigenvalue weighted by Gasteiger charge is -2.58. The molecule has 4 aliphatic carbocycles. The van der Waals surface area contributed by atoms with Gasteiger partial charge < -0.3 is 0 Å². The van der Waals surface area contributed by atoms with Gasteiger partial charge in [0.25, 0.3) is 0 Å². The third kappa shape index (κ3) is 3.65. The Bertz CT molecular complexity index is 674. The lowest BCUT2D eigenvalue weighted by atomic mass is 9.46. The van der Waals surface area contributed by atoms with Crippen molar-refractivity contribution in [3.63, 3.8) is 0 Å². The quantitative estimate of drug-likeness (QED) is 0.429. The van der Waals surface area contributed by atoms with Crippen molar-refractivity contribution >= 4 is 5.78 Å². The lowest BCUT2D eigenvalue weighted by Crippen LogP contribution is -2.51. The van der Waals surface area contributed by atoms with Crippen LogP contribution in [0.15, 0.2) is 11.6 Å². The van der Waals surface area contributed by atoms with Crippen molar-refractivity contribution in [1.29, 1.82) is 0 Å². The first-order chi connectivity index (χ1) is 14.2. The Morgan fingerprint density at radius 1 is 0.967 bits per heavy atom. The van der Waals surface area contributed by atoms with E-state index in [1.807, 2.05) is 0 Å². The number of carbonyl (C=O) groups is 1. The molecule has 3 saturated carbocycles. The summed E-state index contributed by atoms with van der Waals surface area (Å²) in [5.74, 6) is 6.63. The Labute approximate surface area is 186 Å². The Kier molecular flexibility index (Phi) is 6.33. The summed E-state index contributed by atoms with van der Waals surface area (Å²) in [6.07, 6.45) is 16.5. The fraction of sp³-hybridized carbons (Fsp3) is 0.897. The highest BCUT2D eigenvalue weighted by molar-refractivity contribution is 5.91. The van der Waals surface area contributed by atoms with Gasteiger partial charge in [-0.3, -0.25) is 4.79 Å². The normalized spacial score (nSPS) is 42.9. The zero-order valence-corrected chi connectivity index (χ0v) is 20.8. The summed E-state index contributed by atoms with van der Waals surface area (Å²) in [6.45, 7) is 15.0. The first-order valence-corrected chi connectivity index (χ1v) is 13.4. The molecule has 0 saturated heterocycles. The molecular formula is C29H48O. The van der Waals surface area contributed by atoms with Gasteiger partial charge in [-0.25, -0.2) is 0 Å². The molecule has 170 valence electrons. The number of fused-ring (bicyclic) bond motifs is 5. The topological polar surface area (TPSA) is 17.1 Å². The largest absolute Gasteiger partial charge is 0.295 e. The summed E-state index contributed by atoms with van der Waals surface area (Å²) < 4.78 is 0. The van der Waals surface area contributed by atoms with E-state index in [1.165, 1.54) is 63.4 Å². The van der Waals surface area contributed by atoms with Crippen LogP contribution < -0.4 is 0 Å². The van der Waals surface area contributed by atoms with Gasteiger partial charge in [-0.2, -0.15) is 0 Å². The zero-order chi connectivity index (χ0) is 21.7. The minimum atomic E-state index is 0.327. The molecule has 4 rings (SSSR count). The van der Waals surface area contributed by atoms with Gasteiger partial charge in [0.05, 0.1) is 0 Å². The van der Waals surface area contributed by atoms with E-state index in [-0.39, 0.29) is 0 Å². The molecule has 0 unspecified atom stereocenters. The fourth-order valence-electron chi connectivity index (χ4n) is 9.22. The van der Waals surface area contributed by atoms with E-state index in [2.05, 4.69) is 47.6 Å². The highest BCUT2D eigenvalue weighted by Crippen LogP contribution is 2.67. The maximum Gasteiger partial charge on any atom is 0.155 e. The maximum absolute atomic E-state index is 12.1. The number of ketones is 1. The monoisotopic (exact) mass is 412 g/mol. The second-order valence-electron chi connectivity index (χ2n) is 12.7. The van der Waals surface area contributed by atoms with E-state index < -0.39 is 0 Å². The first kappa shape index (κ1) is 22.6. The number of carbonyl (C=O) groups excluding carboxylic acids is 1. The highest BCUT2D eigenvalue weighted by atomic mass is 16.1. The van der Waals surface area contributed by atoms with E-state index in [4.69, 9.17) is 0 Å². The molecule has 0 radical (unpaired) electrons. The van der Waals surface area contributed by atoms with Crippen LogP contribution in [-0.2, 0) is 4.79 Å². The van der Waals surface area contributed by atoms with Gasteiger partial charge in [0.15, 0.2) is 5.78 Å². The van der Waals surface area contributed by atoms with E-state index in [0.29, 0.717) is 16.6 Å². The van der Waals surface area contributed by atoms with Gasteiger partial charge in [0.1, 0.15) is 0 Å². The average molecular weight is 413 g/mol. The van der Waals surface area contributed by atoms with Gasteiger partial charge in [0.2, 0.25) is 0 Å². The van der Waals surface area contributed by atoms with Crippen LogP contribution in [0.4, 0.5) is 0 Å². The average Bonchev–Trinajstić information content (AvgIpc) is 3.06. The molecule has 0 aromatic heterocycles. The van der Waals surface area contributed by atoms with Crippen molar-refractivity contribution < 1.29 is 4.79 Å². The van der Waals surface area contributed by atoms with Crippen molar-refractivity contribution in [2.24, 2.45) is 52.3 Å². The minimum Gasteiger partial charge on any atom is -0.295 e. The number of rotatable bonds is 6. The highest BCUT2D eigenvalue weighted by Gasteiger charge is 2.59. The molecule has 3 fully saturated rings. The van der Waals surface area contributed by atoms with Crippen molar-refractivity contribution in [2.45, 2.75) is 112 Å². The van der Waals surface area contributed by atoms with Crippen LogP contribution in [0, 0.1) is 52.3 Å². The number of hydrogen-bond acceptors (Lipinski definition) is 1. The molecule has 0 spiro atoms. The molecule has 4 aliphatic rings. The van der Waals surface area contributed by atoms with Crippen molar-refractivity contribution in [3.8, 4) is 0 Å². The van der Waals surface area contributed by atoms with Crippen LogP contribution in [0.1, 0.15) is 112 Å². The molecule has 30 heavy (non-hydrogen) atoms. The summed E-state index contributed by atoms with van der Waals surface area (Å²) in [5.41, 5.74) is 2.42. The van der Waals surface area contributed by atoms with Crippen LogP contribution in [-0.4, -0.2) is 5.78 Å². The molecule has 0 aliphatic heterocycles. The van der Waals surface area contributed by atoms with Crippen LogP contribution in [0.25, 0.3) is 0 Å². The van der Waals surface area contributed by atoms with Gasteiger partial charge in [0, 0.05) is 6.42 Å². The summed E-state index contributed by atoms with van der Waals surface area (Å²) in [7, 11) is 0. The van der Waals surface area contributed by atoms with E-state index in [9.17, 15) is 4.79 Å². The minimum absolute atomic E-state index is 0.327. The SMILES string of the molecule is CC[C@H](CC[C@@H](C)[C@H]1CC[C@H]2[C@@H]3CCC4=CC(=O)CC[C@]4(C)[C@H]3CC[C@]12C)C(C)C. The van der Waals surface area contributed by atoms with Crippen LogP contribution in [0.2, 0.25) is 0 Å². The van der Waals surface area contributed by atoms with Crippen molar-refractivity contribution in [1.82, 2.24) is 0 Å². The third-order valence-electron chi connectivity index (χ3n) is 11.2. The molecule has 0 aromatic carbocycles. The van der Waals surface area contributed by atoms with Crippen molar-refractivity contribution in [2.75, 3.05) is 0 Å². The molecular weight excluding hydrogens is 364 g/mol. The molecule has 0 aromatic rings. The fourth-order valence-corrected chi connectivity index (χ4v) is 9.22. The Balaban J connectivity index is 1.48. The predicted molar refractivity (Wildman–Crippen MR) is 127 cm³/mol. The van der Waals surface area contributed by atoms with Crippen LogP contribution in [0.3, 0.4) is 0 Å². The molecule has 0 N–H and O–H groups in total. The Morgan fingerprint density at radius 3 is 2.43 bits per heavy atom. The predicted octanol–water partition coefficient (Wildman–Crippen LogP) is 8.23. The zero-order valence-electron chi connectivity index (χ0n) is 20.8. The summed E-state index contributed by atoms with van der Waals surface area (Å²) in [6, 6.07) is 0. The van der Waals surface area contributed by atoms with Gasteiger partial charge >= 0.3 is 0 Å². The number of hydrogen-bond donors (Lipinski definition) is 0. The molecule has 0 bridgehead atoms. The third-order valence-corrected chi connectivity index (χ3v) is 11.2. The molecule has 0 heterocycles. The van der Waals surface area contributed by atoms with Gasteiger partial charge in [-0.1, -0.05) is 60.0 Å². The van der Waals surface area contributed by atoms with Crippen molar-refractivity contribution in [3.05, 3.63) is 11.6 Å². The standard InChI is InChI=1S/C29H48O/c1-7-21(19(2)3)9-8-20(4)25-12-13-26-24-11-10-22-18-23(30)14-16-28(22,5)27(24)15-17-29(25,26)6/h18-21,24-27H,7-17H2,1-6H3/t20-,21-,24+,25-,26+,27+,28+,29-/m1/s1. The van der Waals surface area contributed by atoms with Crippen LogP contribution in [0.5, 0.6) is 0 Å². The number of allylic oxidation sites excluding steroid dienone is 1. The Hall–Kier alpha value is -0.590. The molecule has 8 atom stereocenters. The summed E-state index contributed by atoms with van der Waals surface area (Å²) in [4.78, 5) is 12.1. The summed E-state index contributed by atoms with van der Waals surface area (Å²) in [5, 5.41) is 0. The maximum atomic E-state index is 12.1. The molecule has 1 heteroatoms. The lowest BCUT2D eigenvalue weighted by molar-refractivity contribution is -0.117. The second kappa shape index (κ2) is 8.40. The van der Waals surface area contributed by atoms with E-state index in [0.717, 1.165) is 54.3 Å². The molecule has 1 nitrogen and oxygen atoms in total. The van der Waals surface area contributed by atoms with Gasteiger partial charge in [-0.05, 0) is 110 Å². The smallest absolute Gasteiger partial charge is 0.155 e. The van der Waals surface area contributed by atoms with Crippen LogP contribution >= 0.6 is 0 Å². The van der Waals surface area contributed by atoms with E-state index in [1.54, 1.807) is 0 Å². The van der Waals surface area contributed by atoms with Gasteiger partial charge in [-0.15, -0.1) is 0 Å². The Morgan fingerprint density at radius 2 is 1.73 bits per heavy atom.